The van der Waals surface area contributed by atoms with E-state index in [1.54, 1.807) is 0 Å². The first-order chi connectivity index (χ1) is 10.1. The lowest BCUT2D eigenvalue weighted by Crippen LogP contribution is -2.45. The number of aliphatic hydroxyl groups excluding tert-OH is 1. The maximum absolute atomic E-state index is 12.2. The third kappa shape index (κ3) is 2.71. The van der Waals surface area contributed by atoms with Crippen LogP contribution in [0.2, 0.25) is 0 Å². The fraction of sp³-hybridized carbons (Fsp3) is 0.750. The van der Waals surface area contributed by atoms with Gasteiger partial charge in [0.25, 0.3) is 0 Å². The molecule has 1 amide bonds. The van der Waals surface area contributed by atoms with Gasteiger partial charge in [0.15, 0.2) is 0 Å². The molecular formula is C16H24N2O3. The third-order valence-electron chi connectivity index (χ3n) is 5.41. The third-order valence-corrected chi connectivity index (χ3v) is 5.41. The molecule has 2 bridgehead atoms. The number of nitrogens with one attached hydrogen (secondary N) is 1. The van der Waals surface area contributed by atoms with E-state index in [4.69, 9.17) is 4.52 Å². The smallest absolute Gasteiger partial charge is 0.220 e. The zero-order valence-corrected chi connectivity index (χ0v) is 12.8. The van der Waals surface area contributed by atoms with Crippen molar-refractivity contribution in [2.24, 2.45) is 17.8 Å². The summed E-state index contributed by atoms with van der Waals surface area (Å²) in [6.45, 7) is 3.97. The molecule has 0 spiro atoms. The van der Waals surface area contributed by atoms with Gasteiger partial charge in [-0.05, 0) is 51.4 Å². The number of carbonyl (C=O) groups excluding carboxylic acids is 1. The summed E-state index contributed by atoms with van der Waals surface area (Å²) in [6.07, 6.45) is 4.68. The molecule has 4 atom stereocenters. The Labute approximate surface area is 125 Å². The van der Waals surface area contributed by atoms with Gasteiger partial charge in [-0.25, -0.2) is 0 Å². The first-order valence-electron chi connectivity index (χ1n) is 7.92. The number of nitrogens with zero attached hydrogens (tertiary/aromatic N) is 1. The number of hydrogen-bond donors (Lipinski definition) is 2. The van der Waals surface area contributed by atoms with Crippen molar-refractivity contribution < 1.29 is 14.4 Å². The first kappa shape index (κ1) is 14.6. The van der Waals surface area contributed by atoms with Gasteiger partial charge in [-0.3, -0.25) is 4.79 Å². The van der Waals surface area contributed by atoms with Gasteiger partial charge in [-0.15, -0.1) is 0 Å². The Morgan fingerprint density at radius 2 is 2.14 bits per heavy atom. The minimum atomic E-state index is 0.0750. The van der Waals surface area contributed by atoms with Crippen molar-refractivity contribution in [1.82, 2.24) is 10.5 Å². The number of amides is 1. The van der Waals surface area contributed by atoms with E-state index in [0.717, 1.165) is 17.0 Å². The van der Waals surface area contributed by atoms with Gasteiger partial charge in [0.05, 0.1) is 5.69 Å². The van der Waals surface area contributed by atoms with Crippen LogP contribution in [0, 0.1) is 31.6 Å². The van der Waals surface area contributed by atoms with Crippen molar-refractivity contribution in [1.29, 1.82) is 0 Å². The molecule has 4 unspecified atom stereocenters. The Bertz CT molecular complexity index is 506. The Hall–Kier alpha value is -1.36. The van der Waals surface area contributed by atoms with Crippen LogP contribution in [0.3, 0.4) is 0 Å². The number of rotatable bonds is 5. The molecule has 116 valence electrons. The highest BCUT2D eigenvalue weighted by Gasteiger charge is 2.47. The molecule has 2 aliphatic rings. The summed E-state index contributed by atoms with van der Waals surface area (Å²) in [4.78, 5) is 12.2. The number of hydrogen-bond acceptors (Lipinski definition) is 4. The van der Waals surface area contributed by atoms with Crippen LogP contribution in [0.25, 0.3) is 0 Å². The average molecular weight is 292 g/mol. The number of carbonyl (C=O) groups is 1. The molecule has 1 heterocycles. The SMILES string of the molecule is Cc1noc(C)c1CCC(=O)NC1C2CCC(C2)C1CO. The van der Waals surface area contributed by atoms with Crippen LogP contribution < -0.4 is 5.32 Å². The molecule has 1 aromatic heterocycles. The fourth-order valence-electron chi connectivity index (χ4n) is 4.25. The maximum atomic E-state index is 12.2. The Kier molecular flexibility index (Phi) is 4.02. The van der Waals surface area contributed by atoms with Crippen molar-refractivity contribution in [2.75, 3.05) is 6.61 Å². The van der Waals surface area contributed by atoms with Gasteiger partial charge in [0.1, 0.15) is 5.76 Å². The van der Waals surface area contributed by atoms with Crippen LogP contribution in [0.1, 0.15) is 42.7 Å². The van der Waals surface area contributed by atoms with Gasteiger partial charge < -0.3 is 14.9 Å². The molecule has 3 rings (SSSR count). The van der Waals surface area contributed by atoms with Gasteiger partial charge in [0.2, 0.25) is 5.91 Å². The van der Waals surface area contributed by atoms with Crippen LogP contribution >= 0.6 is 0 Å². The Balaban J connectivity index is 1.55. The van der Waals surface area contributed by atoms with Crippen LogP contribution in [-0.4, -0.2) is 28.8 Å². The van der Waals surface area contributed by atoms with Crippen molar-refractivity contribution >= 4 is 5.91 Å². The first-order valence-corrected chi connectivity index (χ1v) is 7.92. The van der Waals surface area contributed by atoms with Crippen molar-refractivity contribution in [3.63, 3.8) is 0 Å². The summed E-state index contributed by atoms with van der Waals surface area (Å²) in [5.74, 6) is 2.30. The zero-order chi connectivity index (χ0) is 15.0. The lowest BCUT2D eigenvalue weighted by atomic mass is 9.85. The molecule has 0 radical (unpaired) electrons. The molecule has 0 saturated heterocycles. The molecule has 21 heavy (non-hydrogen) atoms. The summed E-state index contributed by atoms with van der Waals surface area (Å²) in [6, 6.07) is 0.172. The zero-order valence-electron chi connectivity index (χ0n) is 12.8. The molecule has 5 nitrogen and oxygen atoms in total. The van der Waals surface area contributed by atoms with E-state index in [1.807, 2.05) is 13.8 Å². The fourth-order valence-corrected chi connectivity index (χ4v) is 4.25. The number of fused-ring (bicyclic) bond motifs is 2. The maximum Gasteiger partial charge on any atom is 0.220 e. The molecule has 2 saturated carbocycles. The average Bonchev–Trinajstić information content (AvgIpc) is 3.13. The predicted molar refractivity (Wildman–Crippen MR) is 77.6 cm³/mol. The molecule has 1 aromatic rings. The summed E-state index contributed by atoms with van der Waals surface area (Å²) in [5, 5.41) is 16.6. The summed E-state index contributed by atoms with van der Waals surface area (Å²) < 4.78 is 5.12. The predicted octanol–water partition coefficient (Wildman–Crippen LogP) is 1.75. The van der Waals surface area contributed by atoms with Gasteiger partial charge in [0, 0.05) is 30.6 Å². The topological polar surface area (TPSA) is 75.4 Å². The van der Waals surface area contributed by atoms with Crippen LogP contribution in [0.15, 0.2) is 4.52 Å². The summed E-state index contributed by atoms with van der Waals surface area (Å²) in [7, 11) is 0. The Morgan fingerprint density at radius 3 is 2.81 bits per heavy atom. The van der Waals surface area contributed by atoms with E-state index in [9.17, 15) is 9.90 Å². The number of aryl methyl sites for hydroxylation is 2. The van der Waals surface area contributed by atoms with Gasteiger partial charge in [-0.2, -0.15) is 0 Å². The number of aliphatic hydroxyl groups is 1. The van der Waals surface area contributed by atoms with Crippen LogP contribution in [0.5, 0.6) is 0 Å². The minimum Gasteiger partial charge on any atom is -0.396 e. The van der Waals surface area contributed by atoms with E-state index in [0.29, 0.717) is 24.7 Å². The molecule has 0 aliphatic heterocycles. The molecular weight excluding hydrogens is 268 g/mol. The molecule has 0 aromatic carbocycles. The van der Waals surface area contributed by atoms with E-state index in [-0.39, 0.29) is 24.5 Å². The van der Waals surface area contributed by atoms with Gasteiger partial charge >= 0.3 is 0 Å². The highest BCUT2D eigenvalue weighted by atomic mass is 16.5. The number of aromatic nitrogens is 1. The van der Waals surface area contributed by atoms with Crippen molar-refractivity contribution in [2.45, 2.75) is 52.0 Å². The standard InChI is InChI=1S/C16H24N2O3/c1-9-13(10(2)21-18-9)5-6-15(20)17-16-12-4-3-11(7-12)14(16)8-19/h11-12,14,16,19H,3-8H2,1-2H3,(H,17,20). The molecule has 5 heteroatoms. The normalized spacial score (nSPS) is 30.8. The van der Waals surface area contributed by atoms with E-state index in [2.05, 4.69) is 10.5 Å². The lowest BCUT2D eigenvalue weighted by molar-refractivity contribution is -0.122. The summed E-state index contributed by atoms with van der Waals surface area (Å²) in [5.41, 5.74) is 1.91. The summed E-state index contributed by atoms with van der Waals surface area (Å²) >= 11 is 0. The van der Waals surface area contributed by atoms with Crippen LogP contribution in [0.4, 0.5) is 0 Å². The van der Waals surface area contributed by atoms with Crippen LogP contribution in [-0.2, 0) is 11.2 Å². The van der Waals surface area contributed by atoms with E-state index in [1.165, 1.54) is 19.3 Å². The quantitative estimate of drug-likeness (QED) is 0.867. The monoisotopic (exact) mass is 292 g/mol. The highest BCUT2D eigenvalue weighted by molar-refractivity contribution is 5.76. The largest absolute Gasteiger partial charge is 0.396 e. The van der Waals surface area contributed by atoms with Crippen molar-refractivity contribution in [3.05, 3.63) is 17.0 Å². The minimum absolute atomic E-state index is 0.0750. The second-order valence-electron chi connectivity index (χ2n) is 6.58. The lowest BCUT2D eigenvalue weighted by Gasteiger charge is -2.30. The Morgan fingerprint density at radius 1 is 1.38 bits per heavy atom. The van der Waals surface area contributed by atoms with Gasteiger partial charge in [-0.1, -0.05) is 5.16 Å². The molecule has 2 fully saturated rings. The second kappa shape index (κ2) is 5.79. The second-order valence-corrected chi connectivity index (χ2v) is 6.58. The highest BCUT2D eigenvalue weighted by Crippen LogP contribution is 2.48. The molecule has 2 N–H and O–H groups in total. The van der Waals surface area contributed by atoms with Crippen molar-refractivity contribution in [3.8, 4) is 0 Å². The van der Waals surface area contributed by atoms with E-state index >= 15 is 0 Å². The molecule has 2 aliphatic carbocycles. The van der Waals surface area contributed by atoms with E-state index < -0.39 is 0 Å².